The van der Waals surface area contributed by atoms with Crippen molar-refractivity contribution >= 4 is 5.91 Å². The summed E-state index contributed by atoms with van der Waals surface area (Å²) >= 11 is 0. The topological polar surface area (TPSA) is 93.5 Å². The lowest BCUT2D eigenvalue weighted by Gasteiger charge is -2.13. The van der Waals surface area contributed by atoms with Crippen LogP contribution in [0.5, 0.6) is 0 Å². The van der Waals surface area contributed by atoms with Crippen LogP contribution in [0.1, 0.15) is 38.5 Å². The number of hydrogen-bond donors (Lipinski definition) is 2. The maximum absolute atomic E-state index is 11.9. The first kappa shape index (κ1) is 14.0. The van der Waals surface area contributed by atoms with Gasteiger partial charge in [-0.3, -0.25) is 4.79 Å². The SMILES string of the molecule is O=C(NCCCCO[N+](=O)[O-])C1C[C@@H]2CCC[C@@H]2N1. The van der Waals surface area contributed by atoms with Gasteiger partial charge in [0.25, 0.3) is 5.09 Å². The number of unbranched alkanes of at least 4 members (excludes halogenated alkanes) is 1. The lowest BCUT2D eigenvalue weighted by molar-refractivity contribution is -0.757. The molecular formula is C12H21N3O4. The number of nitrogens with one attached hydrogen (secondary N) is 2. The van der Waals surface area contributed by atoms with Crippen LogP contribution in [0.15, 0.2) is 0 Å². The van der Waals surface area contributed by atoms with Crippen molar-refractivity contribution in [2.45, 2.75) is 50.6 Å². The third kappa shape index (κ3) is 4.05. The second kappa shape index (κ2) is 6.70. The van der Waals surface area contributed by atoms with Gasteiger partial charge in [0.1, 0.15) is 0 Å². The Morgan fingerprint density at radius 3 is 3.00 bits per heavy atom. The van der Waals surface area contributed by atoms with E-state index in [1.807, 2.05) is 0 Å². The van der Waals surface area contributed by atoms with E-state index in [9.17, 15) is 14.9 Å². The van der Waals surface area contributed by atoms with Gasteiger partial charge in [0, 0.05) is 12.6 Å². The molecule has 0 aromatic carbocycles. The molecule has 3 atom stereocenters. The Hall–Kier alpha value is -1.37. The standard InChI is InChI=1S/C12H21N3O4/c16-12(13-6-1-2-7-19-15(17)18)11-8-9-4-3-5-10(9)14-11/h9-11,14H,1-8H2,(H,13,16)/t9-,10-,11?/m0/s1. The number of carbonyl (C=O) groups excluding carboxylic acids is 1. The van der Waals surface area contributed by atoms with Gasteiger partial charge in [0.2, 0.25) is 5.91 Å². The molecule has 7 nitrogen and oxygen atoms in total. The highest BCUT2D eigenvalue weighted by atomic mass is 16.9. The molecule has 1 saturated carbocycles. The van der Waals surface area contributed by atoms with Crippen LogP contribution in [0.4, 0.5) is 0 Å². The van der Waals surface area contributed by atoms with Gasteiger partial charge in [-0.15, -0.1) is 10.1 Å². The van der Waals surface area contributed by atoms with Crippen molar-refractivity contribution in [2.75, 3.05) is 13.2 Å². The minimum atomic E-state index is -0.792. The number of hydrogen-bond acceptors (Lipinski definition) is 5. The summed E-state index contributed by atoms with van der Waals surface area (Å²) in [4.78, 5) is 26.0. The van der Waals surface area contributed by atoms with Crippen molar-refractivity contribution in [3.05, 3.63) is 10.1 Å². The molecule has 0 aromatic heterocycles. The van der Waals surface area contributed by atoms with Crippen molar-refractivity contribution in [3.63, 3.8) is 0 Å². The molecule has 0 bridgehead atoms. The Labute approximate surface area is 112 Å². The average Bonchev–Trinajstić information content (AvgIpc) is 2.93. The summed E-state index contributed by atoms with van der Waals surface area (Å²) in [5.41, 5.74) is 0. The van der Waals surface area contributed by atoms with Crippen molar-refractivity contribution in [2.24, 2.45) is 5.92 Å². The van der Waals surface area contributed by atoms with Crippen LogP contribution in [0, 0.1) is 16.0 Å². The van der Waals surface area contributed by atoms with Gasteiger partial charge in [-0.05, 0) is 38.0 Å². The number of nitrogens with zero attached hydrogens (tertiary/aromatic N) is 1. The average molecular weight is 271 g/mol. The Kier molecular flexibility index (Phi) is 4.95. The van der Waals surface area contributed by atoms with Crippen LogP contribution in [0.2, 0.25) is 0 Å². The first-order valence-corrected chi connectivity index (χ1v) is 6.98. The highest BCUT2D eigenvalue weighted by Gasteiger charge is 2.39. The Bertz CT molecular complexity index is 325. The van der Waals surface area contributed by atoms with Crippen LogP contribution in [-0.4, -0.2) is 36.2 Å². The Morgan fingerprint density at radius 1 is 1.42 bits per heavy atom. The van der Waals surface area contributed by atoms with Gasteiger partial charge in [-0.1, -0.05) is 6.42 Å². The van der Waals surface area contributed by atoms with E-state index >= 15 is 0 Å². The van der Waals surface area contributed by atoms with E-state index in [2.05, 4.69) is 15.5 Å². The summed E-state index contributed by atoms with van der Waals surface area (Å²) < 4.78 is 0. The summed E-state index contributed by atoms with van der Waals surface area (Å²) in [7, 11) is 0. The van der Waals surface area contributed by atoms with Crippen LogP contribution >= 0.6 is 0 Å². The maximum atomic E-state index is 11.9. The fourth-order valence-corrected chi connectivity index (χ4v) is 3.05. The molecule has 0 aromatic rings. The molecular weight excluding hydrogens is 250 g/mol. The fourth-order valence-electron chi connectivity index (χ4n) is 3.05. The van der Waals surface area contributed by atoms with Crippen molar-refractivity contribution in [1.82, 2.24) is 10.6 Å². The van der Waals surface area contributed by atoms with Gasteiger partial charge in [0.05, 0.1) is 12.6 Å². The number of fused-ring (bicyclic) bond motifs is 1. The third-order valence-electron chi connectivity index (χ3n) is 4.00. The number of rotatable bonds is 7. The lowest BCUT2D eigenvalue weighted by atomic mass is 10.0. The van der Waals surface area contributed by atoms with Crippen LogP contribution in [0.25, 0.3) is 0 Å². The molecule has 7 heteroatoms. The van der Waals surface area contributed by atoms with E-state index in [0.29, 0.717) is 31.3 Å². The quantitative estimate of drug-likeness (QED) is 0.402. The van der Waals surface area contributed by atoms with E-state index in [1.54, 1.807) is 0 Å². The molecule has 0 spiro atoms. The highest BCUT2D eigenvalue weighted by Crippen LogP contribution is 2.34. The molecule has 1 unspecified atom stereocenters. The van der Waals surface area contributed by atoms with E-state index < -0.39 is 5.09 Å². The minimum absolute atomic E-state index is 0.0506. The molecule has 108 valence electrons. The molecule has 2 N–H and O–H groups in total. The van der Waals surface area contributed by atoms with Crippen LogP contribution in [-0.2, 0) is 9.63 Å². The smallest absolute Gasteiger partial charge is 0.294 e. The summed E-state index contributed by atoms with van der Waals surface area (Å²) in [5.74, 6) is 0.730. The van der Waals surface area contributed by atoms with Gasteiger partial charge >= 0.3 is 0 Å². The predicted molar refractivity (Wildman–Crippen MR) is 67.9 cm³/mol. The molecule has 1 saturated heterocycles. The van der Waals surface area contributed by atoms with Gasteiger partial charge < -0.3 is 15.5 Å². The zero-order valence-corrected chi connectivity index (χ0v) is 11.0. The van der Waals surface area contributed by atoms with E-state index in [4.69, 9.17) is 0 Å². The molecule has 1 heterocycles. The lowest BCUT2D eigenvalue weighted by Crippen LogP contribution is -2.42. The summed E-state index contributed by atoms with van der Waals surface area (Å²) in [6.07, 6.45) is 5.91. The maximum Gasteiger partial charge on any atom is 0.294 e. The van der Waals surface area contributed by atoms with Gasteiger partial charge in [-0.2, -0.15) is 0 Å². The van der Waals surface area contributed by atoms with Crippen molar-refractivity contribution in [3.8, 4) is 0 Å². The van der Waals surface area contributed by atoms with E-state index in [-0.39, 0.29) is 18.6 Å². The summed E-state index contributed by atoms with van der Waals surface area (Å²) in [6, 6.07) is 0.481. The molecule has 1 amide bonds. The number of carbonyl (C=O) groups is 1. The predicted octanol–water partition coefficient (Wildman–Crippen LogP) is 0.622. The first-order chi connectivity index (χ1) is 9.16. The second-order valence-electron chi connectivity index (χ2n) is 5.31. The largest absolute Gasteiger partial charge is 0.355 e. The first-order valence-electron chi connectivity index (χ1n) is 6.98. The fraction of sp³-hybridized carbons (Fsp3) is 0.917. The van der Waals surface area contributed by atoms with Crippen molar-refractivity contribution < 1.29 is 14.7 Å². The summed E-state index contributed by atoms with van der Waals surface area (Å²) in [6.45, 7) is 0.641. The molecule has 2 aliphatic rings. The van der Waals surface area contributed by atoms with E-state index in [1.165, 1.54) is 19.3 Å². The normalized spacial score (nSPS) is 28.9. The highest BCUT2D eigenvalue weighted by molar-refractivity contribution is 5.82. The van der Waals surface area contributed by atoms with Gasteiger partial charge in [0.15, 0.2) is 0 Å². The van der Waals surface area contributed by atoms with Crippen LogP contribution < -0.4 is 10.6 Å². The zero-order valence-electron chi connectivity index (χ0n) is 11.0. The summed E-state index contributed by atoms with van der Waals surface area (Å²) in [5, 5.41) is 15.4. The Morgan fingerprint density at radius 2 is 2.26 bits per heavy atom. The van der Waals surface area contributed by atoms with Crippen molar-refractivity contribution in [1.29, 1.82) is 0 Å². The minimum Gasteiger partial charge on any atom is -0.355 e. The second-order valence-corrected chi connectivity index (χ2v) is 5.31. The van der Waals surface area contributed by atoms with Crippen LogP contribution in [0.3, 0.4) is 0 Å². The molecule has 2 fully saturated rings. The zero-order chi connectivity index (χ0) is 13.7. The van der Waals surface area contributed by atoms with E-state index in [0.717, 1.165) is 6.42 Å². The monoisotopic (exact) mass is 271 g/mol. The third-order valence-corrected chi connectivity index (χ3v) is 4.00. The van der Waals surface area contributed by atoms with Gasteiger partial charge in [-0.25, -0.2) is 0 Å². The molecule has 1 aliphatic heterocycles. The molecule has 2 rings (SSSR count). The Balaban J connectivity index is 1.54. The molecule has 0 radical (unpaired) electrons. The molecule has 1 aliphatic carbocycles. The number of amides is 1. The molecule has 19 heavy (non-hydrogen) atoms.